The number of aromatic nitrogens is 2. The van der Waals surface area contributed by atoms with Gasteiger partial charge in [0.25, 0.3) is 0 Å². The van der Waals surface area contributed by atoms with Gasteiger partial charge in [0.1, 0.15) is 17.1 Å². The van der Waals surface area contributed by atoms with Crippen LogP contribution < -0.4 is 10.7 Å². The normalized spacial score (nSPS) is 11.5. The van der Waals surface area contributed by atoms with Crippen LogP contribution in [0.3, 0.4) is 0 Å². The molecule has 0 aliphatic heterocycles. The van der Waals surface area contributed by atoms with Gasteiger partial charge in [-0.05, 0) is 61.7 Å². The number of hydrogen-bond acceptors (Lipinski definition) is 5. The van der Waals surface area contributed by atoms with Crippen LogP contribution in [0.2, 0.25) is 0 Å². The molecule has 0 saturated carbocycles. The number of nitrogens with one attached hydrogen (secondary N) is 1. The number of nitrogens with zero attached hydrogens (tertiary/aromatic N) is 2. The van der Waals surface area contributed by atoms with Gasteiger partial charge in [0.05, 0.1) is 10.3 Å². The minimum absolute atomic E-state index is 0.0344. The van der Waals surface area contributed by atoms with Crippen LogP contribution in [0.1, 0.15) is 22.4 Å². The van der Waals surface area contributed by atoms with E-state index in [4.69, 9.17) is 0 Å². The van der Waals surface area contributed by atoms with Crippen molar-refractivity contribution in [3.05, 3.63) is 99.5 Å². The first-order chi connectivity index (χ1) is 16.2. The molecule has 1 N–H and O–H groups in total. The lowest BCUT2D eigenvalue weighted by atomic mass is 10.1. The molecule has 4 aromatic rings. The number of carbonyl (C=O) groups is 1. The van der Waals surface area contributed by atoms with Gasteiger partial charge in [0, 0.05) is 18.4 Å². The molecular formula is C26H25N3O4S. The van der Waals surface area contributed by atoms with Crippen molar-refractivity contribution >= 4 is 26.8 Å². The zero-order chi connectivity index (χ0) is 24.5. The molecule has 0 saturated heterocycles. The van der Waals surface area contributed by atoms with Gasteiger partial charge in [-0.15, -0.1) is 0 Å². The Bertz CT molecular complexity index is 1560. The maximum Gasteiger partial charge on any atom is 0.240 e. The third-order valence-electron chi connectivity index (χ3n) is 5.75. The summed E-state index contributed by atoms with van der Waals surface area (Å²) in [6, 6.07) is 17.4. The summed E-state index contributed by atoms with van der Waals surface area (Å²) in [6.45, 7) is 5.62. The van der Waals surface area contributed by atoms with E-state index in [2.05, 4.69) is 10.3 Å². The Balaban J connectivity index is 1.78. The summed E-state index contributed by atoms with van der Waals surface area (Å²) < 4.78 is 28.3. The summed E-state index contributed by atoms with van der Waals surface area (Å²) >= 11 is 0. The Morgan fingerprint density at radius 2 is 1.71 bits per heavy atom. The molecule has 2 aromatic carbocycles. The van der Waals surface area contributed by atoms with Crippen LogP contribution >= 0.6 is 0 Å². The van der Waals surface area contributed by atoms with Gasteiger partial charge < -0.3 is 9.88 Å². The van der Waals surface area contributed by atoms with Gasteiger partial charge >= 0.3 is 0 Å². The molecule has 0 unspecified atom stereocenters. The van der Waals surface area contributed by atoms with E-state index >= 15 is 0 Å². The summed E-state index contributed by atoms with van der Waals surface area (Å²) in [5.41, 5.74) is 2.97. The number of sulfone groups is 1. The number of benzene rings is 2. The van der Waals surface area contributed by atoms with Crippen molar-refractivity contribution in [2.75, 3.05) is 0 Å². The molecule has 7 nitrogen and oxygen atoms in total. The highest BCUT2D eigenvalue weighted by Gasteiger charge is 2.25. The van der Waals surface area contributed by atoms with Crippen LogP contribution in [-0.2, 0) is 27.7 Å². The van der Waals surface area contributed by atoms with Crippen molar-refractivity contribution in [3.63, 3.8) is 0 Å². The van der Waals surface area contributed by atoms with Crippen molar-refractivity contribution in [1.82, 2.24) is 14.9 Å². The number of amides is 1. The van der Waals surface area contributed by atoms with Gasteiger partial charge in [-0.2, -0.15) is 0 Å². The Kier molecular flexibility index (Phi) is 6.34. The van der Waals surface area contributed by atoms with Crippen molar-refractivity contribution < 1.29 is 13.2 Å². The summed E-state index contributed by atoms with van der Waals surface area (Å²) in [7, 11) is -4.12. The molecule has 2 heterocycles. The largest absolute Gasteiger partial charge is 0.350 e. The summed E-state index contributed by atoms with van der Waals surface area (Å²) in [5.74, 6) is -0.327. The summed E-state index contributed by atoms with van der Waals surface area (Å²) in [4.78, 5) is 30.0. The second kappa shape index (κ2) is 9.23. The number of fused-ring (bicyclic) bond motifs is 1. The minimum Gasteiger partial charge on any atom is -0.350 e. The summed E-state index contributed by atoms with van der Waals surface area (Å²) in [5, 5.41) is 2.97. The van der Waals surface area contributed by atoms with Crippen LogP contribution in [0.15, 0.2) is 81.4 Å². The molecule has 0 aliphatic carbocycles. The van der Waals surface area contributed by atoms with Crippen molar-refractivity contribution in [3.8, 4) is 0 Å². The van der Waals surface area contributed by atoms with Gasteiger partial charge in [-0.1, -0.05) is 36.4 Å². The fourth-order valence-corrected chi connectivity index (χ4v) is 5.11. The highest BCUT2D eigenvalue weighted by atomic mass is 32.2. The van der Waals surface area contributed by atoms with Crippen LogP contribution in [0.5, 0.6) is 0 Å². The lowest BCUT2D eigenvalue weighted by molar-refractivity contribution is -0.121. The number of rotatable bonds is 6. The molecule has 8 heteroatoms. The molecule has 1 amide bonds. The van der Waals surface area contributed by atoms with Gasteiger partial charge in [0.15, 0.2) is 0 Å². The van der Waals surface area contributed by atoms with E-state index < -0.39 is 15.3 Å². The number of hydrogen-bond donors (Lipinski definition) is 1. The van der Waals surface area contributed by atoms with E-state index in [1.54, 1.807) is 31.2 Å². The molecule has 0 bridgehead atoms. The fourth-order valence-electron chi connectivity index (χ4n) is 3.66. The van der Waals surface area contributed by atoms with E-state index in [9.17, 15) is 18.0 Å². The topological polar surface area (TPSA) is 98.1 Å². The molecular weight excluding hydrogens is 450 g/mol. The van der Waals surface area contributed by atoms with Gasteiger partial charge in [-0.25, -0.2) is 13.4 Å². The highest BCUT2D eigenvalue weighted by Crippen LogP contribution is 2.23. The quantitative estimate of drug-likeness (QED) is 0.461. The van der Waals surface area contributed by atoms with E-state index in [-0.39, 0.29) is 33.3 Å². The molecule has 0 spiro atoms. The van der Waals surface area contributed by atoms with Crippen LogP contribution in [0, 0.1) is 20.8 Å². The Labute approximate surface area is 198 Å². The maximum atomic E-state index is 13.4. The molecule has 4 rings (SSSR count). The van der Waals surface area contributed by atoms with E-state index in [0.717, 1.165) is 16.7 Å². The monoisotopic (exact) mass is 475 g/mol. The van der Waals surface area contributed by atoms with Crippen molar-refractivity contribution in [2.24, 2.45) is 0 Å². The standard InChI is InChI=1S/C26H25N3O4S/c1-17-9-11-21(13-18(17)2)34(32,33)23-15-29(26-22(25(23)31)12-10-19(3)28-26)16-24(30)27-14-20-7-5-4-6-8-20/h4-13,15H,14,16H2,1-3H3,(H,27,30). The van der Waals surface area contributed by atoms with Crippen molar-refractivity contribution in [1.29, 1.82) is 0 Å². The fraction of sp³-hybridized carbons (Fsp3) is 0.192. The lowest BCUT2D eigenvalue weighted by Crippen LogP contribution is -2.29. The third-order valence-corrected chi connectivity index (χ3v) is 7.50. The molecule has 174 valence electrons. The second-order valence-corrected chi connectivity index (χ2v) is 10.2. The Morgan fingerprint density at radius 3 is 2.41 bits per heavy atom. The predicted molar refractivity (Wildman–Crippen MR) is 130 cm³/mol. The number of pyridine rings is 2. The Morgan fingerprint density at radius 1 is 0.971 bits per heavy atom. The average molecular weight is 476 g/mol. The predicted octanol–water partition coefficient (Wildman–Crippen LogP) is 3.47. The SMILES string of the molecule is Cc1ccc2c(=O)c(S(=O)(=O)c3ccc(C)c(C)c3)cn(CC(=O)NCc3ccccc3)c2n1. The Hall–Kier alpha value is -3.78. The zero-order valence-corrected chi connectivity index (χ0v) is 20.0. The zero-order valence-electron chi connectivity index (χ0n) is 19.2. The smallest absolute Gasteiger partial charge is 0.240 e. The van der Waals surface area contributed by atoms with Crippen LogP contribution in [0.4, 0.5) is 0 Å². The third kappa shape index (κ3) is 4.63. The molecule has 0 radical (unpaired) electrons. The molecule has 0 atom stereocenters. The van der Waals surface area contributed by atoms with Crippen molar-refractivity contribution in [2.45, 2.75) is 43.7 Å². The first-order valence-corrected chi connectivity index (χ1v) is 12.3. The average Bonchev–Trinajstić information content (AvgIpc) is 2.81. The minimum atomic E-state index is -4.12. The van der Waals surface area contributed by atoms with E-state index in [1.807, 2.05) is 44.2 Å². The maximum absolute atomic E-state index is 13.4. The first-order valence-electron chi connectivity index (χ1n) is 10.8. The van der Waals surface area contributed by atoms with Gasteiger partial charge in [-0.3, -0.25) is 9.59 Å². The molecule has 2 aromatic heterocycles. The highest BCUT2D eigenvalue weighted by molar-refractivity contribution is 7.91. The second-order valence-electron chi connectivity index (χ2n) is 8.29. The van der Waals surface area contributed by atoms with E-state index in [0.29, 0.717) is 12.2 Å². The molecule has 0 aliphatic rings. The van der Waals surface area contributed by atoms with E-state index in [1.165, 1.54) is 16.8 Å². The number of aryl methyl sites for hydroxylation is 3. The lowest BCUT2D eigenvalue weighted by Gasteiger charge is -2.14. The molecule has 34 heavy (non-hydrogen) atoms. The van der Waals surface area contributed by atoms with Crippen LogP contribution in [0.25, 0.3) is 11.0 Å². The first kappa shape index (κ1) is 23.4. The van der Waals surface area contributed by atoms with Gasteiger partial charge in [0.2, 0.25) is 21.2 Å². The summed E-state index contributed by atoms with van der Waals surface area (Å²) in [6.07, 6.45) is 1.23. The van der Waals surface area contributed by atoms with Crippen LogP contribution in [-0.4, -0.2) is 23.9 Å². The molecule has 0 fully saturated rings. The number of carbonyl (C=O) groups excluding carboxylic acids is 1.